The fraction of sp³-hybridized carbons (Fsp3) is 0.750. The number of aliphatic hydroxyl groups excluding tert-OH is 1. The molecule has 0 bridgehead atoms. The maximum Gasteiger partial charge on any atom is 0.335 e. The third kappa shape index (κ3) is 2.21. The van der Waals surface area contributed by atoms with Gasteiger partial charge in [-0.1, -0.05) is 0 Å². The van der Waals surface area contributed by atoms with Crippen LogP contribution in [0, 0.1) is 0 Å². The molecule has 6 heteroatoms. The van der Waals surface area contributed by atoms with Gasteiger partial charge in [0.15, 0.2) is 12.2 Å². The van der Waals surface area contributed by atoms with Crippen LogP contribution in [0.1, 0.15) is 13.8 Å². The number of rotatable bonds is 2. The van der Waals surface area contributed by atoms with Gasteiger partial charge in [0.25, 0.3) is 5.91 Å². The maximum absolute atomic E-state index is 11.2. The Kier molecular flexibility index (Phi) is 2.77. The lowest BCUT2D eigenvalue weighted by atomic mass is 10.0. The summed E-state index contributed by atoms with van der Waals surface area (Å²) in [6.45, 7) is 3.71. The average Bonchev–Trinajstić information content (AvgIpc) is 2.08. The number of carboxylic acid groups (broad SMARTS) is 1. The van der Waals surface area contributed by atoms with Crippen LogP contribution in [0.5, 0.6) is 0 Å². The third-order valence-corrected chi connectivity index (χ3v) is 1.93. The van der Waals surface area contributed by atoms with Gasteiger partial charge in [0, 0.05) is 6.54 Å². The highest BCUT2D eigenvalue weighted by Crippen LogP contribution is 2.18. The number of carbonyl (C=O) groups is 2. The van der Waals surface area contributed by atoms with Crippen molar-refractivity contribution >= 4 is 11.9 Å². The summed E-state index contributed by atoms with van der Waals surface area (Å²) in [5.41, 5.74) is -0.658. The molecule has 1 heterocycles. The number of hydrogen-bond acceptors (Lipinski definition) is 4. The summed E-state index contributed by atoms with van der Waals surface area (Å²) in [6, 6.07) is 0. The van der Waals surface area contributed by atoms with Gasteiger partial charge >= 0.3 is 5.97 Å². The number of hydrogen-bond donors (Lipinski definition) is 3. The normalized spacial score (nSPS) is 27.9. The van der Waals surface area contributed by atoms with Crippen LogP contribution in [-0.2, 0) is 14.3 Å². The van der Waals surface area contributed by atoms with E-state index in [4.69, 9.17) is 14.9 Å². The van der Waals surface area contributed by atoms with E-state index >= 15 is 0 Å². The molecule has 1 aliphatic rings. The Labute approximate surface area is 80.9 Å². The maximum atomic E-state index is 11.2. The predicted molar refractivity (Wildman–Crippen MR) is 45.6 cm³/mol. The molecule has 1 saturated heterocycles. The number of nitrogens with one attached hydrogen (secondary N) is 1. The highest BCUT2D eigenvalue weighted by atomic mass is 16.5. The molecule has 0 radical (unpaired) electrons. The molecule has 6 nitrogen and oxygen atoms in total. The molecule has 2 atom stereocenters. The van der Waals surface area contributed by atoms with E-state index in [1.54, 1.807) is 13.8 Å². The molecule has 1 rings (SSSR count). The number of amides is 1. The van der Waals surface area contributed by atoms with E-state index in [0.717, 1.165) is 0 Å². The van der Waals surface area contributed by atoms with Crippen molar-refractivity contribution in [3.63, 3.8) is 0 Å². The highest BCUT2D eigenvalue weighted by molar-refractivity contribution is 5.88. The fourth-order valence-corrected chi connectivity index (χ4v) is 1.18. The Morgan fingerprint density at radius 2 is 2.29 bits per heavy atom. The van der Waals surface area contributed by atoms with Crippen molar-refractivity contribution in [2.75, 3.05) is 6.54 Å². The van der Waals surface area contributed by atoms with Gasteiger partial charge in [0.2, 0.25) is 0 Å². The molecule has 14 heavy (non-hydrogen) atoms. The molecule has 2 unspecified atom stereocenters. The minimum Gasteiger partial charge on any atom is -0.479 e. The van der Waals surface area contributed by atoms with Crippen molar-refractivity contribution in [3.8, 4) is 0 Å². The Morgan fingerprint density at radius 3 is 2.79 bits per heavy atom. The van der Waals surface area contributed by atoms with Gasteiger partial charge in [-0.3, -0.25) is 4.79 Å². The minimum atomic E-state index is -1.82. The monoisotopic (exact) mass is 203 g/mol. The van der Waals surface area contributed by atoms with Gasteiger partial charge in [-0.15, -0.1) is 0 Å². The summed E-state index contributed by atoms with van der Waals surface area (Å²) in [6.07, 6.45) is -3.16. The Bertz CT molecular complexity index is 262. The molecule has 0 aromatic heterocycles. The summed E-state index contributed by atoms with van der Waals surface area (Å²) in [4.78, 5) is 21.6. The lowest BCUT2D eigenvalue weighted by Crippen LogP contribution is -2.59. The van der Waals surface area contributed by atoms with E-state index in [1.165, 1.54) is 0 Å². The Hall–Kier alpha value is -1.14. The summed E-state index contributed by atoms with van der Waals surface area (Å²) in [7, 11) is 0. The molecule has 0 aliphatic carbocycles. The molecule has 0 aromatic rings. The zero-order chi connectivity index (χ0) is 10.9. The van der Waals surface area contributed by atoms with E-state index in [9.17, 15) is 9.59 Å². The minimum absolute atomic E-state index is 0.300. The summed E-state index contributed by atoms with van der Waals surface area (Å²) >= 11 is 0. The van der Waals surface area contributed by atoms with Crippen LogP contribution >= 0.6 is 0 Å². The van der Waals surface area contributed by atoms with Gasteiger partial charge in [0.05, 0.1) is 5.60 Å². The fourth-order valence-electron chi connectivity index (χ4n) is 1.18. The first-order chi connectivity index (χ1) is 6.33. The van der Waals surface area contributed by atoms with E-state index in [2.05, 4.69) is 5.32 Å². The van der Waals surface area contributed by atoms with Crippen LogP contribution in [0.4, 0.5) is 0 Å². The largest absolute Gasteiger partial charge is 0.479 e. The number of morpholine rings is 1. The Morgan fingerprint density at radius 1 is 1.71 bits per heavy atom. The second-order valence-corrected chi connectivity index (χ2v) is 3.80. The van der Waals surface area contributed by atoms with Gasteiger partial charge in [-0.2, -0.15) is 0 Å². The zero-order valence-electron chi connectivity index (χ0n) is 7.98. The van der Waals surface area contributed by atoms with E-state index in [0.29, 0.717) is 6.54 Å². The number of ether oxygens (including phenoxy) is 1. The zero-order valence-corrected chi connectivity index (χ0v) is 7.98. The average molecular weight is 203 g/mol. The van der Waals surface area contributed by atoms with Crippen molar-refractivity contribution in [1.82, 2.24) is 5.32 Å². The number of carboxylic acids is 1. The van der Waals surface area contributed by atoms with Crippen LogP contribution in [0.2, 0.25) is 0 Å². The number of aliphatic hydroxyl groups is 1. The molecule has 1 aliphatic heterocycles. The third-order valence-electron chi connectivity index (χ3n) is 1.93. The van der Waals surface area contributed by atoms with Gasteiger partial charge in [-0.25, -0.2) is 4.79 Å². The summed E-state index contributed by atoms with van der Waals surface area (Å²) in [5.74, 6) is -2.07. The highest BCUT2D eigenvalue weighted by Gasteiger charge is 2.41. The van der Waals surface area contributed by atoms with Crippen molar-refractivity contribution < 1.29 is 24.5 Å². The first kappa shape index (κ1) is 10.9. The van der Waals surface area contributed by atoms with E-state index in [1.807, 2.05) is 0 Å². The quantitative estimate of drug-likeness (QED) is 0.519. The number of carbonyl (C=O) groups excluding carboxylic acids is 1. The van der Waals surface area contributed by atoms with Crippen molar-refractivity contribution in [1.29, 1.82) is 0 Å². The van der Waals surface area contributed by atoms with Crippen molar-refractivity contribution in [2.45, 2.75) is 31.7 Å². The van der Waals surface area contributed by atoms with Gasteiger partial charge in [0.1, 0.15) is 0 Å². The van der Waals surface area contributed by atoms with Crippen molar-refractivity contribution in [3.05, 3.63) is 0 Å². The Balaban J connectivity index is 2.75. The molecule has 3 N–H and O–H groups in total. The lowest BCUT2D eigenvalue weighted by molar-refractivity contribution is -0.182. The predicted octanol–water partition coefficient (Wildman–Crippen LogP) is -1.27. The second kappa shape index (κ2) is 3.55. The molecular weight excluding hydrogens is 190 g/mol. The van der Waals surface area contributed by atoms with Crippen LogP contribution in [-0.4, -0.2) is 46.4 Å². The lowest BCUT2D eigenvalue weighted by Gasteiger charge is -2.36. The molecular formula is C8H13NO5. The van der Waals surface area contributed by atoms with Gasteiger partial charge < -0.3 is 20.3 Å². The van der Waals surface area contributed by atoms with Gasteiger partial charge in [-0.05, 0) is 13.8 Å². The first-order valence-corrected chi connectivity index (χ1v) is 4.20. The summed E-state index contributed by atoms with van der Waals surface area (Å²) < 4.78 is 5.17. The summed E-state index contributed by atoms with van der Waals surface area (Å²) in [5, 5.41) is 20.2. The van der Waals surface area contributed by atoms with Crippen LogP contribution in [0.25, 0.3) is 0 Å². The molecule has 0 saturated carbocycles. The molecule has 0 spiro atoms. The molecule has 80 valence electrons. The smallest absolute Gasteiger partial charge is 0.335 e. The van der Waals surface area contributed by atoms with Crippen LogP contribution in [0.3, 0.4) is 0 Å². The molecule has 1 fully saturated rings. The molecule has 0 aromatic carbocycles. The van der Waals surface area contributed by atoms with E-state index in [-0.39, 0.29) is 0 Å². The topological polar surface area (TPSA) is 95.9 Å². The standard InChI is InChI=1S/C8H13NO5/c1-8(2)3-9-6(11)5(14-8)4(10)7(12)13/h4-5,10H,3H2,1-2H3,(H,9,11)(H,12,13). The molecule has 1 amide bonds. The van der Waals surface area contributed by atoms with E-state index < -0.39 is 29.7 Å². The van der Waals surface area contributed by atoms with Crippen LogP contribution in [0.15, 0.2) is 0 Å². The second-order valence-electron chi connectivity index (χ2n) is 3.80. The first-order valence-electron chi connectivity index (χ1n) is 4.20. The van der Waals surface area contributed by atoms with Crippen LogP contribution < -0.4 is 5.32 Å². The SMILES string of the molecule is CC1(C)CNC(=O)C(C(O)C(=O)O)O1. The van der Waals surface area contributed by atoms with Crippen molar-refractivity contribution in [2.24, 2.45) is 0 Å². The number of aliphatic carboxylic acids is 1.